The van der Waals surface area contributed by atoms with E-state index < -0.39 is 29.9 Å². The number of piperidine rings is 2. The number of nitrogens with one attached hydrogen (secondary N) is 1. The lowest BCUT2D eigenvalue weighted by molar-refractivity contribution is -0.175. The maximum Gasteiger partial charge on any atom is 0.416 e. The van der Waals surface area contributed by atoms with E-state index in [2.05, 4.69) is 20.3 Å². The van der Waals surface area contributed by atoms with Crippen LogP contribution in [-0.4, -0.2) is 45.6 Å². The Kier molecular flexibility index (Phi) is 4.06. The van der Waals surface area contributed by atoms with Gasteiger partial charge in [0.25, 0.3) is 0 Å². The van der Waals surface area contributed by atoms with Gasteiger partial charge in [0.1, 0.15) is 11.9 Å². The highest BCUT2D eigenvalue weighted by molar-refractivity contribution is 5.57. The van der Waals surface area contributed by atoms with Crippen molar-refractivity contribution in [2.24, 2.45) is 5.92 Å². The van der Waals surface area contributed by atoms with Crippen LogP contribution in [0.4, 0.5) is 32.3 Å². The molecule has 5 nitrogen and oxygen atoms in total. The van der Waals surface area contributed by atoms with Gasteiger partial charge in [-0.3, -0.25) is 0 Å². The molecule has 11 heteroatoms. The minimum absolute atomic E-state index is 0.113. The largest absolute Gasteiger partial charge is 0.416 e. The third-order valence-electron chi connectivity index (χ3n) is 7.69. The Morgan fingerprint density at radius 3 is 2.41 bits per heavy atom. The quantitative estimate of drug-likeness (QED) is 0.541. The van der Waals surface area contributed by atoms with Crippen molar-refractivity contribution in [1.82, 2.24) is 20.1 Å². The fraction of sp³-hybridized carbons (Fsp3) is 0.619. The Labute approximate surface area is 179 Å². The van der Waals surface area contributed by atoms with Gasteiger partial charge >= 0.3 is 12.4 Å². The molecule has 1 aromatic carbocycles. The van der Waals surface area contributed by atoms with Gasteiger partial charge in [0.2, 0.25) is 5.95 Å². The summed E-state index contributed by atoms with van der Waals surface area (Å²) in [6.45, 7) is 1.65. The number of halogens is 6. The number of fused-ring (bicyclic) bond motifs is 1. The van der Waals surface area contributed by atoms with Crippen LogP contribution in [0.15, 0.2) is 24.3 Å². The Balaban J connectivity index is 1.38. The maximum atomic E-state index is 13.8. The molecule has 0 spiro atoms. The second-order valence-electron chi connectivity index (χ2n) is 9.37. The normalized spacial score (nSPS) is 33.8. The monoisotopic (exact) mass is 457 g/mol. The van der Waals surface area contributed by atoms with Crippen LogP contribution in [0.5, 0.6) is 0 Å². The fourth-order valence-electron chi connectivity index (χ4n) is 6.19. The zero-order valence-electron chi connectivity index (χ0n) is 16.9. The van der Waals surface area contributed by atoms with Gasteiger partial charge in [-0.2, -0.15) is 31.3 Å². The second kappa shape index (κ2) is 6.39. The predicted octanol–water partition coefficient (Wildman–Crippen LogP) is 4.27. The van der Waals surface area contributed by atoms with Crippen molar-refractivity contribution in [2.75, 3.05) is 18.0 Å². The number of aromatic nitrogens is 3. The minimum Gasteiger partial charge on any atom is -0.325 e. The van der Waals surface area contributed by atoms with Crippen LogP contribution in [0.25, 0.3) is 0 Å². The number of rotatable bonds is 2. The molecule has 32 heavy (non-hydrogen) atoms. The van der Waals surface area contributed by atoms with Crippen molar-refractivity contribution in [1.29, 1.82) is 0 Å². The number of hydrogen-bond acceptors (Lipinski definition) is 4. The molecule has 3 aliphatic heterocycles. The standard InChI is InChI=1S/C21H21F6N5/c22-20(23,24)13-3-1-11(2-4-13)14-5-6-15(21(25,26)27)32-17(14)29-18(30-32)31-16-12-7-8-19(16,31)10-28-9-12/h1-4,12,14-16,28H,5-10H2/t12-,14?,15?,16-,19-,31?/m0/s1. The van der Waals surface area contributed by atoms with Crippen LogP contribution in [0.3, 0.4) is 0 Å². The molecular formula is C21H21F6N5. The van der Waals surface area contributed by atoms with Gasteiger partial charge in [-0.25, -0.2) is 4.68 Å². The van der Waals surface area contributed by atoms with E-state index in [1.807, 2.05) is 0 Å². The first-order chi connectivity index (χ1) is 15.1. The Morgan fingerprint density at radius 1 is 1.00 bits per heavy atom. The van der Waals surface area contributed by atoms with E-state index in [9.17, 15) is 26.3 Å². The highest BCUT2D eigenvalue weighted by Crippen LogP contribution is 2.59. The zero-order valence-corrected chi connectivity index (χ0v) is 16.9. The van der Waals surface area contributed by atoms with Gasteiger partial charge in [0.05, 0.1) is 17.1 Å². The van der Waals surface area contributed by atoms with Crippen molar-refractivity contribution in [3.63, 3.8) is 0 Å². The molecule has 3 fully saturated rings. The summed E-state index contributed by atoms with van der Waals surface area (Å²) in [7, 11) is 0. The first-order valence-corrected chi connectivity index (χ1v) is 10.8. The Morgan fingerprint density at radius 2 is 1.75 bits per heavy atom. The van der Waals surface area contributed by atoms with E-state index in [0.717, 1.165) is 42.7 Å². The molecule has 1 N–H and O–H groups in total. The molecule has 4 aliphatic rings. The molecule has 2 bridgehead atoms. The third-order valence-corrected chi connectivity index (χ3v) is 7.69. The van der Waals surface area contributed by atoms with Crippen molar-refractivity contribution in [3.8, 4) is 0 Å². The average Bonchev–Trinajstić information content (AvgIpc) is 3.12. The third kappa shape index (κ3) is 2.82. The molecule has 1 aromatic heterocycles. The number of alkyl halides is 6. The van der Waals surface area contributed by atoms with Crippen LogP contribution in [-0.2, 0) is 6.18 Å². The van der Waals surface area contributed by atoms with Gasteiger partial charge in [0, 0.05) is 19.0 Å². The maximum absolute atomic E-state index is 13.8. The Hall–Kier alpha value is -2.30. The van der Waals surface area contributed by atoms with Crippen LogP contribution in [0.1, 0.15) is 54.6 Å². The molecule has 5 atom stereocenters. The fourth-order valence-corrected chi connectivity index (χ4v) is 6.19. The lowest BCUT2D eigenvalue weighted by atomic mass is 9.88. The molecule has 1 saturated carbocycles. The van der Waals surface area contributed by atoms with Crippen molar-refractivity contribution < 1.29 is 26.3 Å². The summed E-state index contributed by atoms with van der Waals surface area (Å²) < 4.78 is 81.1. The van der Waals surface area contributed by atoms with E-state index in [4.69, 9.17) is 0 Å². The van der Waals surface area contributed by atoms with E-state index >= 15 is 0 Å². The topological polar surface area (TPSA) is 45.8 Å². The highest BCUT2D eigenvalue weighted by Gasteiger charge is 2.71. The van der Waals surface area contributed by atoms with Gasteiger partial charge < -0.3 is 10.2 Å². The van der Waals surface area contributed by atoms with Gasteiger partial charge in [-0.1, -0.05) is 12.1 Å². The molecule has 6 rings (SSSR count). The molecule has 2 unspecified atom stereocenters. The SMILES string of the molecule is FC(F)(F)c1ccc(C2CCC(C(F)(F)F)n3nc(N4[C@H]5[C@H]6CC[C@]54CNC6)nc32)cc1. The second-order valence-corrected chi connectivity index (χ2v) is 9.37. The van der Waals surface area contributed by atoms with Crippen LogP contribution in [0.2, 0.25) is 0 Å². The minimum atomic E-state index is -4.48. The van der Waals surface area contributed by atoms with E-state index in [1.54, 1.807) is 0 Å². The lowest BCUT2D eigenvalue weighted by Gasteiger charge is -2.30. The van der Waals surface area contributed by atoms with Crippen LogP contribution >= 0.6 is 0 Å². The molecule has 4 heterocycles. The molecule has 1 aliphatic carbocycles. The summed E-state index contributed by atoms with van der Waals surface area (Å²) in [6.07, 6.45) is -6.95. The van der Waals surface area contributed by atoms with Gasteiger partial charge in [-0.15, -0.1) is 5.10 Å². The molecule has 2 saturated heterocycles. The van der Waals surface area contributed by atoms with Gasteiger partial charge in [0.15, 0.2) is 0 Å². The number of benzene rings is 1. The first-order valence-electron chi connectivity index (χ1n) is 10.8. The smallest absolute Gasteiger partial charge is 0.325 e. The van der Waals surface area contributed by atoms with E-state index in [-0.39, 0.29) is 30.2 Å². The highest BCUT2D eigenvalue weighted by atomic mass is 19.4. The lowest BCUT2D eigenvalue weighted by Crippen LogP contribution is -2.37. The summed E-state index contributed by atoms with van der Waals surface area (Å²) in [5.74, 6) is 0.393. The number of hydrogen-bond donors (Lipinski definition) is 1. The van der Waals surface area contributed by atoms with Crippen molar-refractivity contribution >= 4 is 5.95 Å². The number of anilines is 1. The summed E-state index contributed by atoms with van der Waals surface area (Å²) in [5, 5.41) is 7.73. The molecular weight excluding hydrogens is 436 g/mol. The average molecular weight is 457 g/mol. The molecule has 0 amide bonds. The summed E-state index contributed by atoms with van der Waals surface area (Å²) in [6, 6.07) is 3.08. The van der Waals surface area contributed by atoms with Crippen LogP contribution < -0.4 is 10.2 Å². The summed E-state index contributed by atoms with van der Waals surface area (Å²) in [5.41, 5.74) is -0.385. The van der Waals surface area contributed by atoms with E-state index in [1.165, 1.54) is 12.1 Å². The first kappa shape index (κ1) is 20.3. The molecule has 2 aromatic rings. The van der Waals surface area contributed by atoms with Crippen molar-refractivity contribution in [3.05, 3.63) is 41.2 Å². The predicted molar refractivity (Wildman–Crippen MR) is 102 cm³/mol. The Bertz CT molecular complexity index is 1040. The van der Waals surface area contributed by atoms with E-state index in [0.29, 0.717) is 17.4 Å². The summed E-state index contributed by atoms with van der Waals surface area (Å²) >= 11 is 0. The van der Waals surface area contributed by atoms with Crippen LogP contribution in [0, 0.1) is 5.92 Å². The van der Waals surface area contributed by atoms with Crippen molar-refractivity contribution in [2.45, 2.75) is 61.6 Å². The van der Waals surface area contributed by atoms with Gasteiger partial charge in [-0.05, 0) is 49.3 Å². The number of nitrogens with zero attached hydrogens (tertiary/aromatic N) is 4. The summed E-state index contributed by atoms with van der Waals surface area (Å²) in [4.78, 5) is 6.63. The molecule has 172 valence electrons. The zero-order chi connectivity index (χ0) is 22.5. The molecule has 0 radical (unpaired) electrons.